The Morgan fingerprint density at radius 3 is 2.31 bits per heavy atom. The van der Waals surface area contributed by atoms with Gasteiger partial charge in [0.05, 0.1) is 0 Å². The topological polar surface area (TPSA) is 38.1 Å². The number of hydrogen-bond acceptors (Lipinski definition) is 2. The van der Waals surface area contributed by atoms with E-state index in [-0.39, 0.29) is 0 Å². The van der Waals surface area contributed by atoms with Crippen LogP contribution < -0.4 is 0 Å². The van der Waals surface area contributed by atoms with Gasteiger partial charge in [0.2, 0.25) is 0 Å². The van der Waals surface area contributed by atoms with E-state index in [0.717, 1.165) is 32.7 Å². The first-order valence-corrected chi connectivity index (χ1v) is 11.4. The van der Waals surface area contributed by atoms with Crippen molar-refractivity contribution < 1.29 is 0 Å². The Balaban J connectivity index is 1.28. The summed E-state index contributed by atoms with van der Waals surface area (Å²) in [5.74, 6) is 0. The molecule has 0 amide bonds. The largest absolute Gasteiger partial charge is 0.361 e. The molecule has 0 radical (unpaired) electrons. The van der Waals surface area contributed by atoms with Crippen LogP contribution in [0.4, 0.5) is 0 Å². The highest BCUT2D eigenvalue weighted by molar-refractivity contribution is 5.99. The summed E-state index contributed by atoms with van der Waals surface area (Å²) < 4.78 is 0. The minimum Gasteiger partial charge on any atom is -0.361 e. The van der Waals surface area contributed by atoms with Crippen LogP contribution in [0.15, 0.2) is 79.1 Å². The van der Waals surface area contributed by atoms with Crippen molar-refractivity contribution in [2.45, 2.75) is 6.54 Å². The van der Waals surface area contributed by atoms with E-state index in [0.29, 0.717) is 0 Å². The lowest BCUT2D eigenvalue weighted by atomic mass is 9.98. The molecule has 0 saturated carbocycles. The van der Waals surface area contributed by atoms with Crippen molar-refractivity contribution in [3.05, 3.63) is 84.7 Å². The average Bonchev–Trinajstić information content (AvgIpc) is 3.47. The number of H-pyrrole nitrogens is 2. The Bertz CT molecular complexity index is 1370. The molecule has 32 heavy (non-hydrogen) atoms. The molecule has 4 nitrogen and oxygen atoms in total. The van der Waals surface area contributed by atoms with Gasteiger partial charge in [-0.05, 0) is 65.0 Å². The van der Waals surface area contributed by atoms with Gasteiger partial charge in [0.25, 0.3) is 0 Å². The number of aromatic amines is 2. The van der Waals surface area contributed by atoms with E-state index < -0.39 is 0 Å². The Labute approximate surface area is 188 Å². The predicted molar refractivity (Wildman–Crippen MR) is 134 cm³/mol. The van der Waals surface area contributed by atoms with Crippen LogP contribution in [0.25, 0.3) is 44.1 Å². The summed E-state index contributed by atoms with van der Waals surface area (Å²) in [6, 6.07) is 24.6. The maximum atomic E-state index is 3.45. The molecule has 160 valence electrons. The number of hydrogen-bond donors (Lipinski definition) is 2. The van der Waals surface area contributed by atoms with Crippen molar-refractivity contribution in [1.29, 1.82) is 0 Å². The zero-order valence-electron chi connectivity index (χ0n) is 18.4. The fourth-order valence-electron chi connectivity index (χ4n) is 4.83. The van der Waals surface area contributed by atoms with Crippen LogP contribution in [0, 0.1) is 0 Å². The first-order chi connectivity index (χ1) is 15.7. The van der Waals surface area contributed by atoms with Crippen LogP contribution in [0.1, 0.15) is 5.56 Å². The van der Waals surface area contributed by atoms with Gasteiger partial charge in [0, 0.05) is 67.1 Å². The minimum absolute atomic E-state index is 1.04. The van der Waals surface area contributed by atoms with Gasteiger partial charge < -0.3 is 14.9 Å². The molecule has 5 aromatic rings. The monoisotopic (exact) mass is 420 g/mol. The van der Waals surface area contributed by atoms with Crippen LogP contribution in [0.3, 0.4) is 0 Å². The number of benzene rings is 3. The maximum absolute atomic E-state index is 3.45. The van der Waals surface area contributed by atoms with Crippen molar-refractivity contribution in [2.24, 2.45) is 0 Å². The molecular formula is C28H28N4. The Hall–Kier alpha value is -3.34. The second kappa shape index (κ2) is 7.97. The fourth-order valence-corrected chi connectivity index (χ4v) is 4.83. The summed E-state index contributed by atoms with van der Waals surface area (Å²) >= 11 is 0. The van der Waals surface area contributed by atoms with E-state index in [1.807, 2.05) is 6.20 Å². The summed E-state index contributed by atoms with van der Waals surface area (Å²) in [6.07, 6.45) is 4.12. The molecule has 1 aliphatic heterocycles. The lowest BCUT2D eigenvalue weighted by Crippen LogP contribution is -2.43. The highest BCUT2D eigenvalue weighted by Gasteiger charge is 2.14. The number of nitrogens with zero attached hydrogens (tertiary/aromatic N) is 2. The molecule has 1 saturated heterocycles. The van der Waals surface area contributed by atoms with Crippen LogP contribution in [-0.2, 0) is 6.54 Å². The quantitative estimate of drug-likeness (QED) is 0.390. The molecule has 0 aliphatic carbocycles. The van der Waals surface area contributed by atoms with Crippen molar-refractivity contribution >= 4 is 21.8 Å². The molecule has 2 N–H and O–H groups in total. The van der Waals surface area contributed by atoms with E-state index in [2.05, 4.69) is 99.7 Å². The second-order valence-corrected chi connectivity index (χ2v) is 9.02. The van der Waals surface area contributed by atoms with Gasteiger partial charge in [-0.1, -0.05) is 36.4 Å². The fraction of sp³-hybridized carbons (Fsp3) is 0.214. The van der Waals surface area contributed by atoms with Crippen molar-refractivity contribution in [1.82, 2.24) is 19.8 Å². The third-order valence-corrected chi connectivity index (χ3v) is 6.84. The molecule has 0 spiro atoms. The number of aromatic nitrogens is 2. The zero-order chi connectivity index (χ0) is 21.5. The number of rotatable bonds is 4. The van der Waals surface area contributed by atoms with Gasteiger partial charge in [-0.2, -0.15) is 0 Å². The molecule has 0 atom stereocenters. The molecule has 1 aliphatic rings. The number of piperazine rings is 1. The smallest absolute Gasteiger partial charge is 0.0460 e. The number of nitrogens with one attached hydrogen (secondary N) is 2. The molecule has 2 aromatic heterocycles. The van der Waals surface area contributed by atoms with E-state index >= 15 is 0 Å². The molecule has 6 rings (SSSR count). The number of fused-ring (bicyclic) bond motifs is 2. The summed E-state index contributed by atoms with van der Waals surface area (Å²) in [6.45, 7) is 5.67. The third kappa shape index (κ3) is 3.62. The first kappa shape index (κ1) is 19.4. The normalized spacial score (nSPS) is 15.7. The molecule has 1 fully saturated rings. The Morgan fingerprint density at radius 2 is 1.47 bits per heavy atom. The molecule has 4 heteroatoms. The van der Waals surface area contributed by atoms with Crippen molar-refractivity contribution in [2.75, 3.05) is 33.2 Å². The lowest BCUT2D eigenvalue weighted by Gasteiger charge is -2.32. The van der Waals surface area contributed by atoms with E-state index in [1.165, 1.54) is 49.6 Å². The van der Waals surface area contributed by atoms with Gasteiger partial charge in [-0.15, -0.1) is 0 Å². The summed E-state index contributed by atoms with van der Waals surface area (Å²) in [4.78, 5) is 11.7. The van der Waals surface area contributed by atoms with E-state index in [9.17, 15) is 0 Å². The highest BCUT2D eigenvalue weighted by Crippen LogP contribution is 2.33. The predicted octanol–water partition coefficient (Wildman–Crippen LogP) is 5.73. The molecule has 3 aromatic carbocycles. The van der Waals surface area contributed by atoms with Crippen LogP contribution in [-0.4, -0.2) is 53.0 Å². The number of likely N-dealkylation sites (N-methyl/N-ethyl adjacent to an activating group) is 1. The lowest BCUT2D eigenvalue weighted by molar-refractivity contribution is 0.148. The Morgan fingerprint density at radius 1 is 0.719 bits per heavy atom. The highest BCUT2D eigenvalue weighted by atomic mass is 15.2. The van der Waals surface area contributed by atoms with Crippen molar-refractivity contribution in [3.63, 3.8) is 0 Å². The van der Waals surface area contributed by atoms with Crippen molar-refractivity contribution in [3.8, 4) is 22.3 Å². The third-order valence-electron chi connectivity index (χ3n) is 6.84. The SMILES string of the molecule is CN1CCN(Cc2ccc(-c3ccc4[nH]cc(-c5ccc6[nH]ccc6c5)c4c3)cc2)CC1. The van der Waals surface area contributed by atoms with Crippen LogP contribution >= 0.6 is 0 Å². The molecular weight excluding hydrogens is 392 g/mol. The maximum Gasteiger partial charge on any atom is 0.0460 e. The van der Waals surface area contributed by atoms with Gasteiger partial charge in [-0.25, -0.2) is 0 Å². The zero-order valence-corrected chi connectivity index (χ0v) is 18.4. The molecule has 3 heterocycles. The second-order valence-electron chi connectivity index (χ2n) is 9.02. The standard InChI is InChI=1S/C28H28N4/c1-31-12-14-32(15-13-31)19-20-2-4-21(5-3-20)22-6-9-28-25(17-22)26(18-30-28)23-7-8-27-24(16-23)10-11-29-27/h2-11,16-18,29-30H,12-15,19H2,1H3. The van der Waals surface area contributed by atoms with Gasteiger partial charge >= 0.3 is 0 Å². The van der Waals surface area contributed by atoms with Crippen LogP contribution in [0.5, 0.6) is 0 Å². The summed E-state index contributed by atoms with van der Waals surface area (Å²) in [7, 11) is 2.21. The van der Waals surface area contributed by atoms with Gasteiger partial charge in [0.15, 0.2) is 0 Å². The van der Waals surface area contributed by atoms with E-state index in [1.54, 1.807) is 0 Å². The molecule has 0 unspecified atom stereocenters. The average molecular weight is 421 g/mol. The summed E-state index contributed by atoms with van der Waals surface area (Å²) in [5, 5.41) is 2.50. The summed E-state index contributed by atoms with van der Waals surface area (Å²) in [5.41, 5.74) is 8.74. The Kier molecular flexibility index (Phi) is 4.82. The van der Waals surface area contributed by atoms with Gasteiger partial charge in [-0.3, -0.25) is 4.90 Å². The van der Waals surface area contributed by atoms with Gasteiger partial charge in [0.1, 0.15) is 0 Å². The minimum atomic E-state index is 1.04. The van der Waals surface area contributed by atoms with Crippen LogP contribution in [0.2, 0.25) is 0 Å². The van der Waals surface area contributed by atoms with E-state index in [4.69, 9.17) is 0 Å². The first-order valence-electron chi connectivity index (χ1n) is 11.4. The molecule has 0 bridgehead atoms.